The Kier molecular flexibility index (Phi) is 9.67. The third-order valence-electron chi connectivity index (χ3n) is 7.01. The van der Waals surface area contributed by atoms with E-state index in [1.54, 1.807) is 0 Å². The molecule has 6 rings (SSSR count). The Morgan fingerprint density at radius 2 is 0.676 bits per heavy atom. The Bertz CT molecular complexity index is 1030. The molecule has 3 N–H and O–H groups in total. The summed E-state index contributed by atoms with van der Waals surface area (Å²) in [6.45, 7) is 0. The first kappa shape index (κ1) is 28.2. The van der Waals surface area contributed by atoms with Crippen LogP contribution in [0.3, 0.4) is 0 Å². The molecule has 0 spiro atoms. The second-order valence-electron chi connectivity index (χ2n) is 9.59. The molecule has 3 aromatic rings. The van der Waals surface area contributed by atoms with E-state index in [0.29, 0.717) is 0 Å². The number of carboxylic acids is 3. The third kappa shape index (κ3) is 7.78. The van der Waals surface area contributed by atoms with Gasteiger partial charge in [-0.25, -0.2) is 0 Å². The van der Waals surface area contributed by atoms with Gasteiger partial charge in [0.15, 0.2) is 0 Å². The molecule has 3 aliphatic carbocycles. The summed E-state index contributed by atoms with van der Waals surface area (Å²) in [5, 5.41) is 26.1. The van der Waals surface area contributed by atoms with Gasteiger partial charge in [0.2, 0.25) is 0 Å². The third-order valence-corrected chi connectivity index (χ3v) is 7.01. The maximum Gasteiger partial charge on any atom is 0.307 e. The summed E-state index contributed by atoms with van der Waals surface area (Å²) in [5.74, 6) is -1.58. The SMILES string of the molecule is O=C(O)[C@@H]1C[C@H]1c1ccccc1.O=C(O)[C@H]1C[C@@H]1c1ccccc1.O=C(O)[C@H]1C[C@@H]1c1ccccc1.[Cu]. The fraction of sp³-hybridized carbons (Fsp3) is 0.300. The quantitative estimate of drug-likeness (QED) is 0.344. The van der Waals surface area contributed by atoms with Crippen molar-refractivity contribution in [1.82, 2.24) is 0 Å². The minimum atomic E-state index is -0.663. The molecule has 6 nitrogen and oxygen atoms in total. The minimum absolute atomic E-state index is 0. The molecule has 0 aromatic heterocycles. The predicted octanol–water partition coefficient (Wildman–Crippen LogP) is 5.62. The molecule has 197 valence electrons. The zero-order chi connectivity index (χ0) is 25.7. The summed E-state index contributed by atoms with van der Waals surface area (Å²) in [7, 11) is 0. The maximum atomic E-state index is 10.5. The Morgan fingerprint density at radius 1 is 0.459 bits per heavy atom. The zero-order valence-electron chi connectivity index (χ0n) is 20.1. The van der Waals surface area contributed by atoms with Crippen molar-refractivity contribution in [1.29, 1.82) is 0 Å². The van der Waals surface area contributed by atoms with Crippen LogP contribution in [0.1, 0.15) is 53.7 Å². The van der Waals surface area contributed by atoms with Crippen LogP contribution in [0.25, 0.3) is 0 Å². The van der Waals surface area contributed by atoms with Crippen LogP contribution in [-0.4, -0.2) is 33.2 Å². The van der Waals surface area contributed by atoms with Crippen LogP contribution in [0.4, 0.5) is 0 Å². The number of aliphatic carboxylic acids is 3. The van der Waals surface area contributed by atoms with Gasteiger partial charge in [-0.2, -0.15) is 0 Å². The van der Waals surface area contributed by atoms with Gasteiger partial charge in [-0.05, 0) is 53.7 Å². The molecule has 0 saturated heterocycles. The first-order valence-electron chi connectivity index (χ1n) is 12.2. The number of carbonyl (C=O) groups is 3. The minimum Gasteiger partial charge on any atom is -0.481 e. The number of hydrogen-bond acceptors (Lipinski definition) is 3. The summed E-state index contributed by atoms with van der Waals surface area (Å²) >= 11 is 0. The second-order valence-corrected chi connectivity index (χ2v) is 9.59. The number of carboxylic acid groups (broad SMARTS) is 3. The molecular formula is C30H30CuO6. The molecule has 3 fully saturated rings. The summed E-state index contributed by atoms with van der Waals surface area (Å²) in [6, 6.07) is 29.5. The van der Waals surface area contributed by atoms with E-state index in [2.05, 4.69) is 0 Å². The van der Waals surface area contributed by atoms with Crippen molar-refractivity contribution in [2.75, 3.05) is 0 Å². The van der Waals surface area contributed by atoms with Crippen LogP contribution in [-0.2, 0) is 31.5 Å². The molecule has 0 bridgehead atoms. The van der Waals surface area contributed by atoms with Crippen molar-refractivity contribution in [3.05, 3.63) is 108 Å². The number of rotatable bonds is 6. The summed E-state index contributed by atoms with van der Waals surface area (Å²) in [4.78, 5) is 31.6. The molecule has 0 amide bonds. The van der Waals surface area contributed by atoms with E-state index >= 15 is 0 Å². The van der Waals surface area contributed by atoms with Gasteiger partial charge in [-0.3, -0.25) is 14.4 Å². The van der Waals surface area contributed by atoms with Gasteiger partial charge in [0.25, 0.3) is 0 Å². The van der Waals surface area contributed by atoms with Gasteiger partial charge in [0, 0.05) is 17.1 Å². The molecule has 3 saturated carbocycles. The van der Waals surface area contributed by atoms with Crippen molar-refractivity contribution in [3.8, 4) is 0 Å². The van der Waals surface area contributed by atoms with Gasteiger partial charge in [-0.15, -0.1) is 0 Å². The van der Waals surface area contributed by atoms with Crippen LogP contribution in [0.5, 0.6) is 0 Å². The second kappa shape index (κ2) is 12.7. The fourth-order valence-corrected chi connectivity index (χ4v) is 4.61. The van der Waals surface area contributed by atoms with Crippen LogP contribution < -0.4 is 0 Å². The molecular weight excluding hydrogens is 520 g/mol. The average Bonchev–Trinajstić information content (AvgIpc) is 3.78. The van der Waals surface area contributed by atoms with E-state index in [4.69, 9.17) is 15.3 Å². The van der Waals surface area contributed by atoms with Crippen molar-refractivity contribution in [2.45, 2.75) is 37.0 Å². The zero-order valence-corrected chi connectivity index (χ0v) is 21.1. The molecule has 37 heavy (non-hydrogen) atoms. The van der Waals surface area contributed by atoms with Crippen LogP contribution in [0.2, 0.25) is 0 Å². The van der Waals surface area contributed by atoms with Gasteiger partial charge in [0.05, 0.1) is 17.8 Å². The smallest absolute Gasteiger partial charge is 0.307 e. The molecule has 7 heteroatoms. The Hall–Kier alpha value is -3.41. The fourth-order valence-electron chi connectivity index (χ4n) is 4.61. The Morgan fingerprint density at radius 3 is 0.838 bits per heavy atom. The normalized spacial score (nSPS) is 25.9. The van der Waals surface area contributed by atoms with Crippen LogP contribution in [0.15, 0.2) is 91.0 Å². The predicted molar refractivity (Wildman–Crippen MR) is 135 cm³/mol. The van der Waals surface area contributed by atoms with Crippen molar-refractivity contribution >= 4 is 17.9 Å². The van der Waals surface area contributed by atoms with Gasteiger partial charge < -0.3 is 15.3 Å². The first-order valence-corrected chi connectivity index (χ1v) is 12.2. The Balaban J connectivity index is 0.000000152. The van der Waals surface area contributed by atoms with Gasteiger partial charge >= 0.3 is 17.9 Å². The largest absolute Gasteiger partial charge is 0.481 e. The van der Waals surface area contributed by atoms with E-state index in [0.717, 1.165) is 36.0 Å². The van der Waals surface area contributed by atoms with E-state index < -0.39 is 17.9 Å². The van der Waals surface area contributed by atoms with Gasteiger partial charge in [-0.1, -0.05) is 91.0 Å². The topological polar surface area (TPSA) is 112 Å². The standard InChI is InChI=1S/3C10H10O2.Cu/c3*11-10(12)9-6-8(9)7-4-2-1-3-5-7;/h3*1-5,8-9H,6H2,(H,11,12);/t3*8-,9+;/m110./s1. The van der Waals surface area contributed by atoms with Gasteiger partial charge in [0.1, 0.15) is 0 Å². The summed E-state index contributed by atoms with van der Waals surface area (Å²) in [6.07, 6.45) is 2.41. The molecule has 1 radical (unpaired) electrons. The maximum absolute atomic E-state index is 10.5. The van der Waals surface area contributed by atoms with E-state index in [9.17, 15) is 14.4 Å². The van der Waals surface area contributed by atoms with Crippen molar-refractivity contribution in [3.63, 3.8) is 0 Å². The molecule has 0 aliphatic heterocycles. The molecule has 6 atom stereocenters. The number of hydrogen-bond donors (Lipinski definition) is 3. The number of benzene rings is 3. The monoisotopic (exact) mass is 549 g/mol. The van der Waals surface area contributed by atoms with Crippen LogP contribution >= 0.6 is 0 Å². The summed E-state index contributed by atoms with van der Waals surface area (Å²) < 4.78 is 0. The average molecular weight is 550 g/mol. The van der Waals surface area contributed by atoms with E-state index in [1.807, 2.05) is 91.0 Å². The molecule has 0 unspecified atom stereocenters. The molecule has 3 aromatic carbocycles. The molecule has 0 heterocycles. The Labute approximate surface area is 226 Å². The van der Waals surface area contributed by atoms with Crippen LogP contribution in [0, 0.1) is 17.8 Å². The van der Waals surface area contributed by atoms with Crippen molar-refractivity contribution < 1.29 is 46.8 Å². The molecule has 3 aliphatic rings. The van der Waals surface area contributed by atoms with Crippen molar-refractivity contribution in [2.24, 2.45) is 17.8 Å². The first-order chi connectivity index (χ1) is 17.4. The summed E-state index contributed by atoms with van der Waals surface area (Å²) in [5.41, 5.74) is 3.47. The van der Waals surface area contributed by atoms with E-state index in [-0.39, 0.29) is 52.6 Å². The van der Waals surface area contributed by atoms with E-state index in [1.165, 1.54) is 0 Å².